The van der Waals surface area contributed by atoms with Gasteiger partial charge in [-0.25, -0.2) is 0 Å². The number of ketones is 1. The molecule has 0 fully saturated rings. The number of hydrogen-bond acceptors (Lipinski definition) is 3. The third-order valence-corrected chi connectivity index (χ3v) is 2.04. The van der Waals surface area contributed by atoms with Gasteiger partial charge < -0.3 is 0 Å². The summed E-state index contributed by atoms with van der Waals surface area (Å²) in [6.07, 6.45) is 2.36. The summed E-state index contributed by atoms with van der Waals surface area (Å²) in [6.45, 7) is 13.9. The van der Waals surface area contributed by atoms with E-state index in [0.717, 1.165) is 4.90 Å². The lowest BCUT2D eigenvalue weighted by atomic mass is 9.90. The first-order chi connectivity index (χ1) is 8.32. The minimum atomic E-state index is -0.525. The molecule has 108 valence electrons. The highest BCUT2D eigenvalue weighted by atomic mass is 16.2. The molecular formula is C15H25NO3. The number of nitrogens with zero attached hydrogens (tertiary/aromatic N) is 1. The smallest absolute Gasteiger partial charge is 0.254 e. The maximum Gasteiger partial charge on any atom is 0.254 e. The minimum absolute atomic E-state index is 0.122. The van der Waals surface area contributed by atoms with Crippen LogP contribution in [0.15, 0.2) is 12.2 Å². The fraction of sp³-hybridized carbons (Fsp3) is 0.667. The van der Waals surface area contributed by atoms with Gasteiger partial charge in [0.15, 0.2) is 5.78 Å². The molecule has 0 atom stereocenters. The van der Waals surface area contributed by atoms with Crippen molar-refractivity contribution in [2.75, 3.05) is 6.54 Å². The number of Topliss-reactive ketones (excluding diaryl/α,β-unsaturated/α-hetero) is 1. The number of rotatable bonds is 2. The Morgan fingerprint density at radius 2 is 1.26 bits per heavy atom. The second-order valence-electron chi connectivity index (χ2n) is 7.27. The molecule has 19 heavy (non-hydrogen) atoms. The molecule has 0 unspecified atom stereocenters. The molecule has 0 aromatic carbocycles. The maximum absolute atomic E-state index is 11.5. The summed E-state index contributed by atoms with van der Waals surface area (Å²) in [5.74, 6) is -0.942. The van der Waals surface area contributed by atoms with Crippen molar-refractivity contribution in [3.05, 3.63) is 12.2 Å². The van der Waals surface area contributed by atoms with Gasteiger partial charge in [-0.05, 0) is 5.41 Å². The molecule has 0 saturated heterocycles. The van der Waals surface area contributed by atoms with Gasteiger partial charge in [-0.15, -0.1) is 0 Å². The highest BCUT2D eigenvalue weighted by Crippen LogP contribution is 2.16. The molecule has 0 spiro atoms. The Kier molecular flexibility index (Phi) is 5.66. The third-order valence-electron chi connectivity index (χ3n) is 2.04. The highest BCUT2D eigenvalue weighted by molar-refractivity contribution is 6.14. The van der Waals surface area contributed by atoms with Gasteiger partial charge in [0.2, 0.25) is 0 Å². The van der Waals surface area contributed by atoms with Crippen LogP contribution in [-0.2, 0) is 14.4 Å². The fourth-order valence-corrected chi connectivity index (χ4v) is 0.968. The van der Waals surface area contributed by atoms with Crippen LogP contribution in [0.3, 0.4) is 0 Å². The van der Waals surface area contributed by atoms with E-state index in [1.54, 1.807) is 20.8 Å². The van der Waals surface area contributed by atoms with Crippen molar-refractivity contribution in [2.45, 2.75) is 48.5 Å². The van der Waals surface area contributed by atoms with Crippen molar-refractivity contribution in [1.29, 1.82) is 0 Å². The molecule has 0 bridgehead atoms. The third kappa shape index (κ3) is 7.54. The van der Waals surface area contributed by atoms with E-state index in [-0.39, 0.29) is 12.3 Å². The van der Waals surface area contributed by atoms with Crippen LogP contribution in [0.25, 0.3) is 0 Å². The van der Waals surface area contributed by atoms with Crippen molar-refractivity contribution in [2.24, 2.45) is 10.8 Å². The Balaban J connectivity index is 0.000000555. The van der Waals surface area contributed by atoms with Gasteiger partial charge in [0.1, 0.15) is 0 Å². The van der Waals surface area contributed by atoms with E-state index in [1.165, 1.54) is 12.2 Å². The predicted molar refractivity (Wildman–Crippen MR) is 75.5 cm³/mol. The van der Waals surface area contributed by atoms with Crippen LogP contribution in [-0.4, -0.2) is 29.0 Å². The Morgan fingerprint density at radius 3 is 1.53 bits per heavy atom. The minimum Gasteiger partial charge on any atom is -0.297 e. The van der Waals surface area contributed by atoms with Crippen LogP contribution in [0, 0.1) is 10.8 Å². The van der Waals surface area contributed by atoms with Crippen molar-refractivity contribution in [3.8, 4) is 0 Å². The Bertz CT molecular complexity index is 371. The molecule has 1 aliphatic rings. The second kappa shape index (κ2) is 6.13. The molecule has 0 aromatic rings. The van der Waals surface area contributed by atoms with E-state index in [2.05, 4.69) is 27.7 Å². The summed E-state index contributed by atoms with van der Waals surface area (Å²) < 4.78 is 0. The van der Waals surface area contributed by atoms with E-state index in [4.69, 9.17) is 0 Å². The maximum atomic E-state index is 11.5. The number of carbonyl (C=O) groups is 3. The van der Waals surface area contributed by atoms with Crippen molar-refractivity contribution in [3.63, 3.8) is 0 Å². The first-order valence-corrected chi connectivity index (χ1v) is 6.39. The van der Waals surface area contributed by atoms with E-state index < -0.39 is 17.2 Å². The zero-order chi connectivity index (χ0) is 15.4. The Labute approximate surface area is 115 Å². The lowest BCUT2D eigenvalue weighted by molar-refractivity contribution is -0.142. The first kappa shape index (κ1) is 17.6. The van der Waals surface area contributed by atoms with Gasteiger partial charge in [-0.1, -0.05) is 48.5 Å². The summed E-state index contributed by atoms with van der Waals surface area (Å²) in [4.78, 5) is 34.7. The molecule has 0 aliphatic carbocycles. The Morgan fingerprint density at radius 1 is 0.947 bits per heavy atom. The topological polar surface area (TPSA) is 54.5 Å². The average Bonchev–Trinajstić information content (AvgIpc) is 2.45. The van der Waals surface area contributed by atoms with Gasteiger partial charge in [0, 0.05) is 17.6 Å². The van der Waals surface area contributed by atoms with Gasteiger partial charge in [-0.3, -0.25) is 19.3 Å². The van der Waals surface area contributed by atoms with Gasteiger partial charge in [0.05, 0.1) is 6.54 Å². The molecule has 0 radical (unpaired) electrons. The molecule has 0 N–H and O–H groups in total. The number of carbonyl (C=O) groups excluding carboxylic acids is 3. The quantitative estimate of drug-likeness (QED) is 0.723. The molecule has 0 saturated carbocycles. The largest absolute Gasteiger partial charge is 0.297 e. The monoisotopic (exact) mass is 267 g/mol. The molecular weight excluding hydrogens is 242 g/mol. The molecule has 2 amide bonds. The summed E-state index contributed by atoms with van der Waals surface area (Å²) in [6, 6.07) is 0. The molecule has 4 heteroatoms. The number of hydrogen-bond donors (Lipinski definition) is 0. The van der Waals surface area contributed by atoms with E-state index in [1.807, 2.05) is 0 Å². The lowest BCUT2D eigenvalue weighted by Crippen LogP contribution is -2.39. The SMILES string of the molecule is CC(C)(C)C.CC(C)(C)C(=O)CN1C(=O)C=CC1=O. The molecule has 4 nitrogen and oxygen atoms in total. The van der Waals surface area contributed by atoms with Crippen LogP contribution in [0.1, 0.15) is 48.5 Å². The lowest BCUT2D eigenvalue weighted by Gasteiger charge is -2.20. The molecule has 1 heterocycles. The highest BCUT2D eigenvalue weighted by Gasteiger charge is 2.30. The average molecular weight is 267 g/mol. The number of imide groups is 1. The zero-order valence-electron chi connectivity index (χ0n) is 13.0. The van der Waals surface area contributed by atoms with Gasteiger partial charge in [-0.2, -0.15) is 0 Å². The van der Waals surface area contributed by atoms with Crippen molar-refractivity contribution < 1.29 is 14.4 Å². The standard InChI is InChI=1S/C10H13NO3.C5H12/c1-10(2,3)7(12)6-11-8(13)4-5-9(11)14;1-5(2,3)4/h4-5H,6H2,1-3H3;1-4H3. The molecule has 1 rings (SSSR count). The van der Waals surface area contributed by atoms with Crippen LogP contribution < -0.4 is 0 Å². The number of amides is 2. The summed E-state index contributed by atoms with van der Waals surface area (Å²) in [7, 11) is 0. The Hall–Kier alpha value is -1.45. The van der Waals surface area contributed by atoms with Gasteiger partial charge in [0.25, 0.3) is 11.8 Å². The van der Waals surface area contributed by atoms with E-state index in [0.29, 0.717) is 5.41 Å². The van der Waals surface area contributed by atoms with Crippen LogP contribution >= 0.6 is 0 Å². The first-order valence-electron chi connectivity index (χ1n) is 6.39. The van der Waals surface area contributed by atoms with Crippen LogP contribution in [0.2, 0.25) is 0 Å². The van der Waals surface area contributed by atoms with Crippen LogP contribution in [0.5, 0.6) is 0 Å². The van der Waals surface area contributed by atoms with Gasteiger partial charge >= 0.3 is 0 Å². The fourth-order valence-electron chi connectivity index (χ4n) is 0.968. The predicted octanol–water partition coefficient (Wildman–Crippen LogP) is 2.58. The zero-order valence-corrected chi connectivity index (χ0v) is 13.0. The second-order valence-corrected chi connectivity index (χ2v) is 7.27. The van der Waals surface area contributed by atoms with Crippen molar-refractivity contribution in [1.82, 2.24) is 4.90 Å². The van der Waals surface area contributed by atoms with E-state index >= 15 is 0 Å². The molecule has 0 aromatic heterocycles. The van der Waals surface area contributed by atoms with Crippen molar-refractivity contribution >= 4 is 17.6 Å². The summed E-state index contributed by atoms with van der Waals surface area (Å²) in [5, 5.41) is 0. The summed E-state index contributed by atoms with van der Waals surface area (Å²) in [5.41, 5.74) is -0.0247. The normalized spacial score (nSPS) is 15.4. The molecule has 1 aliphatic heterocycles. The van der Waals surface area contributed by atoms with E-state index in [9.17, 15) is 14.4 Å². The van der Waals surface area contributed by atoms with Crippen LogP contribution in [0.4, 0.5) is 0 Å². The summed E-state index contributed by atoms with van der Waals surface area (Å²) >= 11 is 0.